The van der Waals surface area contributed by atoms with Crippen molar-refractivity contribution >= 4 is 59.4 Å². The quantitative estimate of drug-likeness (QED) is 0.161. The molecule has 0 saturated carbocycles. The monoisotopic (exact) mass is 818 g/mol. The van der Waals surface area contributed by atoms with Crippen LogP contribution in [0, 0.1) is 0 Å². The summed E-state index contributed by atoms with van der Waals surface area (Å²) >= 11 is 2.97. The first kappa shape index (κ1) is 45.1. The average molecular weight is 818 g/mol. The van der Waals surface area contributed by atoms with E-state index in [0.29, 0.717) is 20.6 Å². The van der Waals surface area contributed by atoms with E-state index in [1.807, 2.05) is 0 Å². The molecule has 0 fully saturated rings. The zero-order valence-electron chi connectivity index (χ0n) is 32.4. The van der Waals surface area contributed by atoms with Crippen molar-refractivity contribution in [1.29, 1.82) is 0 Å². The van der Waals surface area contributed by atoms with Gasteiger partial charge in [-0.2, -0.15) is 0 Å². The third-order valence-electron chi connectivity index (χ3n) is 8.23. The van der Waals surface area contributed by atoms with E-state index < -0.39 is 43.5 Å². The van der Waals surface area contributed by atoms with E-state index in [1.165, 1.54) is 12.3 Å². The van der Waals surface area contributed by atoms with Crippen molar-refractivity contribution in [3.05, 3.63) is 0 Å². The van der Waals surface area contributed by atoms with Crippen molar-refractivity contribution in [1.82, 2.24) is 0 Å². The fourth-order valence-corrected chi connectivity index (χ4v) is 111. The molecule has 0 aromatic heterocycles. The van der Waals surface area contributed by atoms with Gasteiger partial charge in [0.15, 0.2) is 0 Å². The molecule has 0 unspecified atom stereocenters. The Morgan fingerprint density at radius 2 is 0.575 bits per heavy atom. The van der Waals surface area contributed by atoms with Gasteiger partial charge in [-0.1, -0.05) is 0 Å². The Morgan fingerprint density at radius 1 is 0.425 bits per heavy atom. The maximum absolute atomic E-state index is 4.13. The summed E-state index contributed by atoms with van der Waals surface area (Å²) in [4.78, 5) is 0. The molecule has 0 nitrogen and oxygen atoms in total. The van der Waals surface area contributed by atoms with E-state index in [0.717, 1.165) is 7.99 Å². The molecule has 0 aromatic rings. The summed E-state index contributed by atoms with van der Waals surface area (Å²) in [6, 6.07) is 0. The van der Waals surface area contributed by atoms with Crippen molar-refractivity contribution < 1.29 is 16.5 Å². The summed E-state index contributed by atoms with van der Waals surface area (Å²) < 4.78 is 2.31. The molecule has 0 rings (SSSR count). The van der Waals surface area contributed by atoms with Crippen LogP contribution >= 0.6 is 15.8 Å². The first-order chi connectivity index (χ1) is 16.9. The summed E-state index contributed by atoms with van der Waals surface area (Å²) in [7, 11) is -4.98. The second kappa shape index (κ2) is 15.2. The standard InChI is InChI=1S/C18H40P2.C14H38GeSi4.Pd/c1-15(2,3)19(16(4,5)6)13-14-20(17(7,8)9)18(10,11)12;1-16(2,3)13(17(4,5)6)15-14(18(7,8)9)19(10,11)12;/h13-14H2,1-12H3;13-14H,1-12H3;/p+2. The molecule has 0 aliphatic carbocycles. The van der Waals surface area contributed by atoms with Gasteiger partial charge in [0.2, 0.25) is 0 Å². The third kappa shape index (κ3) is 16.0. The fourth-order valence-electron chi connectivity index (χ4n) is 8.31. The van der Waals surface area contributed by atoms with Gasteiger partial charge in [-0.25, -0.2) is 0 Å². The van der Waals surface area contributed by atoms with Crippen LogP contribution in [0.3, 0.4) is 0 Å². The van der Waals surface area contributed by atoms with Gasteiger partial charge in [0.25, 0.3) is 0 Å². The first-order valence-electron chi connectivity index (χ1n) is 16.1. The Labute approximate surface area is 276 Å². The van der Waals surface area contributed by atoms with Crippen molar-refractivity contribution in [2.75, 3.05) is 12.3 Å². The van der Waals surface area contributed by atoms with Crippen LogP contribution in [-0.2, 0) is 16.5 Å². The fraction of sp³-hybridized carbons (Fsp3) is 1.00. The molecular weight excluding hydrogens is 738 g/mol. The molecule has 0 amide bonds. The Balaban J connectivity index is 0. The van der Waals surface area contributed by atoms with E-state index >= 15 is 0 Å². The summed E-state index contributed by atoms with van der Waals surface area (Å²) in [6.45, 7) is 61.3. The van der Waals surface area contributed by atoms with Gasteiger partial charge in [0.1, 0.15) is 0 Å². The van der Waals surface area contributed by atoms with Gasteiger partial charge in [-0.15, -0.1) is 0 Å². The second-order valence-electron chi connectivity index (χ2n) is 21.1. The van der Waals surface area contributed by atoms with Crippen LogP contribution in [0.4, 0.5) is 0 Å². The van der Waals surface area contributed by atoms with Crippen molar-refractivity contribution in [3.8, 4) is 0 Å². The van der Waals surface area contributed by atoms with Crippen molar-refractivity contribution in [3.63, 3.8) is 0 Å². The predicted molar refractivity (Wildman–Crippen MR) is 212 cm³/mol. The minimum atomic E-state index is -1.16. The Hall–Kier alpha value is 2.93. The van der Waals surface area contributed by atoms with E-state index in [1.54, 1.807) is 0 Å². The van der Waals surface area contributed by atoms with Crippen molar-refractivity contribution in [2.45, 2.75) is 190 Å². The summed E-state index contributed by atoms with van der Waals surface area (Å²) in [5, 5.41) is 2.02. The summed E-state index contributed by atoms with van der Waals surface area (Å²) in [6.07, 6.45) is 2.97. The van der Waals surface area contributed by atoms with E-state index in [2.05, 4.69) is 178 Å². The van der Waals surface area contributed by atoms with Crippen LogP contribution < -0.4 is 0 Å². The van der Waals surface area contributed by atoms with Gasteiger partial charge < -0.3 is 0 Å². The first-order valence-corrected chi connectivity index (χ1v) is 40.9. The Morgan fingerprint density at radius 3 is 0.675 bits per heavy atom. The summed E-state index contributed by atoms with van der Waals surface area (Å²) in [5.74, 6) is 0. The predicted octanol–water partition coefficient (Wildman–Crippen LogP) is 12.4. The second-order valence-corrected chi connectivity index (χ2v) is 65.8. The van der Waals surface area contributed by atoms with E-state index in [9.17, 15) is 0 Å². The third-order valence-corrected chi connectivity index (χ3v) is 78.1. The van der Waals surface area contributed by atoms with Crippen LogP contribution in [-0.4, -0.2) is 76.5 Å². The topological polar surface area (TPSA) is 0 Å². The molecule has 0 bridgehead atoms. The molecule has 0 aliphatic heterocycles. The number of hydrogen-bond donors (Lipinski definition) is 0. The van der Waals surface area contributed by atoms with Gasteiger partial charge >= 0.3 is 147 Å². The van der Waals surface area contributed by atoms with Crippen LogP contribution in [0.15, 0.2) is 0 Å². The molecule has 0 aliphatic rings. The molecule has 0 radical (unpaired) electrons. The van der Waals surface area contributed by atoms with E-state index in [4.69, 9.17) is 0 Å². The van der Waals surface area contributed by atoms with Gasteiger partial charge in [0, 0.05) is 15.8 Å². The maximum atomic E-state index is 4.13. The van der Waals surface area contributed by atoms with E-state index in [-0.39, 0.29) is 15.8 Å². The van der Waals surface area contributed by atoms with Crippen LogP contribution in [0.2, 0.25) is 86.6 Å². The zero-order chi connectivity index (χ0) is 33.3. The molecule has 0 N–H and O–H groups in total. The SMILES string of the molecule is CC(C)(C)[PH+](CC[PH+](C(C)(C)C)C(C)(C)C)C(C)(C)C.C[Si](C)(C)[CH]([Ge](=[Pd])[CH]([Si](C)(C)C)[Si](C)(C)C)[Si](C)(C)C. The minimum absolute atomic E-state index is 0.364. The molecule has 8 heteroatoms. The van der Waals surface area contributed by atoms with Crippen LogP contribution in [0.25, 0.3) is 0 Å². The molecule has 0 spiro atoms. The molecular formula is C32H80GeP2PdSi4+2. The number of hydrogen-bond acceptors (Lipinski definition) is 0. The average Bonchev–Trinajstić information content (AvgIpc) is 2.48. The Bertz CT molecular complexity index is 669. The molecule has 246 valence electrons. The molecule has 0 atom stereocenters. The van der Waals surface area contributed by atoms with Crippen molar-refractivity contribution in [2.24, 2.45) is 0 Å². The molecule has 0 saturated heterocycles. The number of rotatable bonds is 9. The summed E-state index contributed by atoms with van der Waals surface area (Å²) in [5.41, 5.74) is 0. The van der Waals surface area contributed by atoms with Crippen LogP contribution in [0.5, 0.6) is 0 Å². The molecule has 0 aromatic carbocycles. The zero-order valence-corrected chi connectivity index (χ0v) is 42.0. The van der Waals surface area contributed by atoms with Gasteiger partial charge in [-0.05, 0) is 83.1 Å². The molecule has 0 heterocycles. The van der Waals surface area contributed by atoms with Gasteiger partial charge in [0.05, 0.1) is 32.9 Å². The normalized spacial score (nSPS) is 15.2. The van der Waals surface area contributed by atoms with Gasteiger partial charge in [-0.3, -0.25) is 0 Å². The molecule has 40 heavy (non-hydrogen) atoms. The van der Waals surface area contributed by atoms with Crippen LogP contribution in [0.1, 0.15) is 83.1 Å². The Kier molecular flexibility index (Phi) is 17.1.